The summed E-state index contributed by atoms with van der Waals surface area (Å²) in [5, 5.41) is 4.23. The number of benzene rings is 2. The molecule has 9 heteroatoms. The largest absolute Gasteiger partial charge is 0.493 e. The smallest absolute Gasteiger partial charge is 0.238 e. The standard InChI is InChI=1S/C24H20ClFN2O5/c1-31-16-6-3-10(7-17(16)32-2)21-20-12-9-13(22(20)33-27-21)19-18(12)23(29)28(24(19)30)11-4-5-15(26)14(25)8-11/h3-8,12-13,18-20,22H,9H2,1-2H3/t12-,13+,18+,19-,20+,22+/m0/s1. The maximum atomic E-state index is 13.6. The maximum absolute atomic E-state index is 13.6. The van der Waals surface area contributed by atoms with Crippen LogP contribution in [0.2, 0.25) is 5.02 Å². The number of halogens is 2. The monoisotopic (exact) mass is 470 g/mol. The minimum absolute atomic E-state index is 0.0725. The van der Waals surface area contributed by atoms with Crippen LogP contribution in [0.3, 0.4) is 0 Å². The van der Waals surface area contributed by atoms with Crippen LogP contribution < -0.4 is 14.4 Å². The molecule has 2 aliphatic heterocycles. The third-order valence-electron chi connectivity index (χ3n) is 7.53. The van der Waals surface area contributed by atoms with E-state index < -0.39 is 17.7 Å². The number of fused-ring (bicyclic) bond motifs is 8. The number of anilines is 1. The lowest BCUT2D eigenvalue weighted by molar-refractivity contribution is -0.125. The van der Waals surface area contributed by atoms with Crippen molar-refractivity contribution in [2.24, 2.45) is 34.7 Å². The fraction of sp³-hybridized carbons (Fsp3) is 0.375. The first kappa shape index (κ1) is 20.5. The Hall–Kier alpha value is -3.13. The summed E-state index contributed by atoms with van der Waals surface area (Å²) in [6.07, 6.45) is 0.472. The molecule has 2 saturated carbocycles. The predicted octanol–water partition coefficient (Wildman–Crippen LogP) is 3.67. The van der Waals surface area contributed by atoms with Crippen molar-refractivity contribution in [2.75, 3.05) is 19.1 Å². The third kappa shape index (κ3) is 2.70. The number of methoxy groups -OCH3 is 2. The van der Waals surface area contributed by atoms with Crippen LogP contribution in [0.1, 0.15) is 12.0 Å². The van der Waals surface area contributed by atoms with Crippen molar-refractivity contribution >= 4 is 34.8 Å². The summed E-state index contributed by atoms with van der Waals surface area (Å²) >= 11 is 5.91. The van der Waals surface area contributed by atoms with Crippen LogP contribution in [0, 0.1) is 35.4 Å². The number of oxime groups is 1. The molecule has 2 amide bonds. The number of amides is 2. The molecule has 2 heterocycles. The fourth-order valence-electron chi connectivity index (χ4n) is 6.24. The quantitative estimate of drug-likeness (QED) is 0.637. The summed E-state index contributed by atoms with van der Waals surface area (Å²) in [6, 6.07) is 9.45. The summed E-state index contributed by atoms with van der Waals surface area (Å²) in [4.78, 5) is 33.8. The molecule has 4 aliphatic rings. The predicted molar refractivity (Wildman–Crippen MR) is 117 cm³/mol. The first-order valence-electron chi connectivity index (χ1n) is 10.7. The first-order chi connectivity index (χ1) is 15.9. The van der Waals surface area contributed by atoms with Gasteiger partial charge in [-0.05, 0) is 48.7 Å². The van der Waals surface area contributed by atoms with Crippen molar-refractivity contribution in [3.63, 3.8) is 0 Å². The molecule has 33 heavy (non-hydrogen) atoms. The highest BCUT2D eigenvalue weighted by atomic mass is 35.5. The molecular formula is C24H20ClFN2O5. The van der Waals surface area contributed by atoms with Gasteiger partial charge in [-0.15, -0.1) is 0 Å². The Balaban J connectivity index is 1.33. The molecule has 2 aliphatic carbocycles. The van der Waals surface area contributed by atoms with Crippen LogP contribution in [0.25, 0.3) is 0 Å². The highest BCUT2D eigenvalue weighted by Gasteiger charge is 2.70. The average Bonchev–Trinajstić information content (AvgIpc) is 3.55. The molecule has 1 saturated heterocycles. The van der Waals surface area contributed by atoms with E-state index in [1.165, 1.54) is 18.2 Å². The van der Waals surface area contributed by atoms with Gasteiger partial charge in [0.25, 0.3) is 0 Å². The number of carbonyl (C=O) groups is 2. The molecule has 0 unspecified atom stereocenters. The van der Waals surface area contributed by atoms with Gasteiger partial charge < -0.3 is 14.3 Å². The van der Waals surface area contributed by atoms with Gasteiger partial charge in [0.15, 0.2) is 11.5 Å². The van der Waals surface area contributed by atoms with Crippen LogP contribution >= 0.6 is 11.6 Å². The normalized spacial score (nSPS) is 31.4. The fourth-order valence-corrected chi connectivity index (χ4v) is 6.41. The van der Waals surface area contributed by atoms with Gasteiger partial charge in [-0.25, -0.2) is 9.29 Å². The van der Waals surface area contributed by atoms with Gasteiger partial charge >= 0.3 is 0 Å². The minimum Gasteiger partial charge on any atom is -0.493 e. The number of imide groups is 1. The maximum Gasteiger partial charge on any atom is 0.238 e. The Labute approximate surface area is 194 Å². The van der Waals surface area contributed by atoms with Crippen LogP contribution in [-0.4, -0.2) is 37.8 Å². The summed E-state index contributed by atoms with van der Waals surface area (Å²) in [5.74, 6) is -1.16. The highest BCUT2D eigenvalue weighted by Crippen LogP contribution is 2.62. The summed E-state index contributed by atoms with van der Waals surface area (Å²) in [7, 11) is 3.14. The van der Waals surface area contributed by atoms with Crippen LogP contribution in [0.4, 0.5) is 10.1 Å². The van der Waals surface area contributed by atoms with Gasteiger partial charge in [-0.3, -0.25) is 9.59 Å². The van der Waals surface area contributed by atoms with Crippen molar-refractivity contribution in [1.82, 2.24) is 0 Å². The second-order valence-electron chi connectivity index (χ2n) is 8.87. The molecule has 6 atom stereocenters. The van der Waals surface area contributed by atoms with Gasteiger partial charge in [0.1, 0.15) is 11.9 Å². The van der Waals surface area contributed by atoms with E-state index in [2.05, 4.69) is 5.16 Å². The Morgan fingerprint density at radius 3 is 2.42 bits per heavy atom. The van der Waals surface area contributed by atoms with Gasteiger partial charge in [0.2, 0.25) is 11.8 Å². The lowest BCUT2D eigenvalue weighted by Gasteiger charge is -2.29. The molecule has 2 aromatic carbocycles. The third-order valence-corrected chi connectivity index (χ3v) is 7.82. The van der Waals surface area contributed by atoms with Gasteiger partial charge in [0.05, 0.1) is 42.5 Å². The zero-order chi connectivity index (χ0) is 23.0. The van der Waals surface area contributed by atoms with E-state index in [0.29, 0.717) is 17.2 Å². The van der Waals surface area contributed by atoms with Crippen LogP contribution in [0.5, 0.6) is 11.5 Å². The molecule has 3 fully saturated rings. The summed E-state index contributed by atoms with van der Waals surface area (Å²) < 4.78 is 24.4. The second-order valence-corrected chi connectivity index (χ2v) is 9.27. The summed E-state index contributed by atoms with van der Waals surface area (Å²) in [6.45, 7) is 0. The Bertz CT molecular complexity index is 1230. The molecule has 6 rings (SSSR count). The molecule has 0 aromatic heterocycles. The average molecular weight is 471 g/mol. The Morgan fingerprint density at radius 1 is 1.00 bits per heavy atom. The van der Waals surface area contributed by atoms with Crippen molar-refractivity contribution < 1.29 is 28.3 Å². The number of nitrogens with zero attached hydrogens (tertiary/aromatic N) is 2. The van der Waals surface area contributed by atoms with E-state index in [4.69, 9.17) is 25.9 Å². The van der Waals surface area contributed by atoms with Crippen molar-refractivity contribution in [3.05, 3.63) is 52.8 Å². The first-order valence-corrected chi connectivity index (χ1v) is 11.1. The lowest BCUT2D eigenvalue weighted by Crippen LogP contribution is -2.41. The molecule has 2 bridgehead atoms. The number of ether oxygens (including phenoxy) is 2. The SMILES string of the molecule is COc1ccc(C2=NO[C@@H]3[C@@H]4C[C@@H]([C@H]5C(=O)N(c6ccc(F)c(Cl)c6)C(=O)[C@@H]45)[C@H]23)cc1OC. The van der Waals surface area contributed by atoms with E-state index in [1.807, 2.05) is 18.2 Å². The number of hydrogen-bond acceptors (Lipinski definition) is 6. The van der Waals surface area contributed by atoms with E-state index in [0.717, 1.165) is 22.6 Å². The van der Waals surface area contributed by atoms with Gasteiger partial charge in [-0.2, -0.15) is 0 Å². The zero-order valence-electron chi connectivity index (χ0n) is 17.8. The number of carbonyl (C=O) groups excluding carboxylic acids is 2. The molecule has 0 radical (unpaired) electrons. The topological polar surface area (TPSA) is 77.4 Å². The zero-order valence-corrected chi connectivity index (χ0v) is 18.6. The molecular weight excluding hydrogens is 451 g/mol. The molecule has 7 nitrogen and oxygen atoms in total. The minimum atomic E-state index is -0.599. The van der Waals surface area contributed by atoms with E-state index in [1.54, 1.807) is 14.2 Å². The van der Waals surface area contributed by atoms with E-state index >= 15 is 0 Å². The van der Waals surface area contributed by atoms with Crippen molar-refractivity contribution in [1.29, 1.82) is 0 Å². The number of hydrogen-bond donors (Lipinski definition) is 0. The van der Waals surface area contributed by atoms with E-state index in [9.17, 15) is 14.0 Å². The van der Waals surface area contributed by atoms with Crippen LogP contribution in [0.15, 0.2) is 41.6 Å². The Morgan fingerprint density at radius 2 is 1.73 bits per heavy atom. The van der Waals surface area contributed by atoms with Gasteiger partial charge in [0, 0.05) is 17.4 Å². The molecule has 170 valence electrons. The molecule has 0 N–H and O–H groups in total. The number of rotatable bonds is 4. The second kappa shape index (κ2) is 7.18. The van der Waals surface area contributed by atoms with Crippen molar-refractivity contribution in [2.45, 2.75) is 12.5 Å². The van der Waals surface area contributed by atoms with Gasteiger partial charge in [-0.1, -0.05) is 16.8 Å². The lowest BCUT2D eigenvalue weighted by atomic mass is 9.71. The summed E-state index contributed by atoms with van der Waals surface area (Å²) in [5.41, 5.74) is 1.89. The van der Waals surface area contributed by atoms with Crippen molar-refractivity contribution in [3.8, 4) is 11.5 Å². The van der Waals surface area contributed by atoms with Crippen LogP contribution in [-0.2, 0) is 14.4 Å². The molecule has 2 aromatic rings. The highest BCUT2D eigenvalue weighted by molar-refractivity contribution is 6.31. The van der Waals surface area contributed by atoms with E-state index in [-0.39, 0.29) is 40.7 Å². The molecule has 0 spiro atoms. The Kier molecular flexibility index (Phi) is 4.46.